The predicted octanol–water partition coefficient (Wildman–Crippen LogP) is 3.04. The Hall–Kier alpha value is -2.95. The summed E-state index contributed by atoms with van der Waals surface area (Å²) >= 11 is 0. The Balaban J connectivity index is 2.32. The van der Waals surface area contributed by atoms with Gasteiger partial charge in [0.2, 0.25) is 5.91 Å². The van der Waals surface area contributed by atoms with Crippen molar-refractivity contribution >= 4 is 22.4 Å². The molecule has 116 valence electrons. The molecule has 1 amide bonds. The summed E-state index contributed by atoms with van der Waals surface area (Å²) < 4.78 is 1.39. The van der Waals surface area contributed by atoms with Crippen LogP contribution in [-0.4, -0.2) is 15.7 Å². The molecule has 0 aliphatic carbocycles. The molecule has 3 rings (SSSR count). The molecule has 2 aromatic carbocycles. The smallest absolute Gasteiger partial charge is 0.268 e. The van der Waals surface area contributed by atoms with E-state index in [1.54, 1.807) is 0 Å². The molecule has 1 N–H and O–H groups in total. The first-order chi connectivity index (χ1) is 11.1. The number of hydrogen-bond donors (Lipinski definition) is 1. The molecule has 0 spiro atoms. The van der Waals surface area contributed by atoms with E-state index in [4.69, 9.17) is 0 Å². The standard InChI is InChI=1S/C18H17N3O2/c1-3-21-17(23)11-16(19-12(2)22)18(20-21)15-10-6-8-13-7-4-5-9-14(13)15/h4-11H,3H2,1-2H3,(H,19,22). The van der Waals surface area contributed by atoms with Crippen molar-refractivity contribution in [3.8, 4) is 11.3 Å². The molecule has 1 aromatic heterocycles. The zero-order valence-electron chi connectivity index (χ0n) is 13.0. The number of nitrogens with zero attached hydrogens (tertiary/aromatic N) is 2. The average molecular weight is 307 g/mol. The fourth-order valence-corrected chi connectivity index (χ4v) is 2.63. The summed E-state index contributed by atoms with van der Waals surface area (Å²) in [5.74, 6) is -0.234. The molecule has 5 heteroatoms. The molecule has 0 radical (unpaired) electrons. The third-order valence-corrected chi connectivity index (χ3v) is 3.65. The summed E-state index contributed by atoms with van der Waals surface area (Å²) in [5, 5.41) is 9.27. The monoisotopic (exact) mass is 307 g/mol. The zero-order valence-corrected chi connectivity index (χ0v) is 13.0. The molecule has 0 aliphatic heterocycles. The lowest BCUT2D eigenvalue weighted by atomic mass is 10.0. The van der Waals surface area contributed by atoms with Crippen molar-refractivity contribution in [3.05, 3.63) is 58.9 Å². The Morgan fingerprint density at radius 1 is 1.17 bits per heavy atom. The van der Waals surface area contributed by atoms with Gasteiger partial charge in [-0.1, -0.05) is 42.5 Å². The number of carbonyl (C=O) groups excluding carboxylic acids is 1. The van der Waals surface area contributed by atoms with Crippen LogP contribution in [-0.2, 0) is 11.3 Å². The first-order valence-corrected chi connectivity index (χ1v) is 7.48. The second kappa shape index (κ2) is 6.04. The van der Waals surface area contributed by atoms with Gasteiger partial charge in [0.25, 0.3) is 5.56 Å². The van der Waals surface area contributed by atoms with Crippen LogP contribution in [0.15, 0.2) is 53.3 Å². The van der Waals surface area contributed by atoms with Gasteiger partial charge in [-0.2, -0.15) is 5.10 Å². The fraction of sp³-hybridized carbons (Fsp3) is 0.167. The maximum Gasteiger partial charge on any atom is 0.268 e. The van der Waals surface area contributed by atoms with Crippen molar-refractivity contribution in [2.24, 2.45) is 0 Å². The summed E-state index contributed by atoms with van der Waals surface area (Å²) in [5.41, 5.74) is 1.68. The number of benzene rings is 2. The largest absolute Gasteiger partial charge is 0.324 e. The minimum absolute atomic E-state index is 0.234. The number of rotatable bonds is 3. The van der Waals surface area contributed by atoms with E-state index in [9.17, 15) is 9.59 Å². The van der Waals surface area contributed by atoms with Gasteiger partial charge in [-0.15, -0.1) is 0 Å². The number of amides is 1. The van der Waals surface area contributed by atoms with E-state index in [0.717, 1.165) is 16.3 Å². The summed E-state index contributed by atoms with van der Waals surface area (Å²) in [7, 11) is 0. The highest BCUT2D eigenvalue weighted by Gasteiger charge is 2.14. The summed E-state index contributed by atoms with van der Waals surface area (Å²) in [6.45, 7) is 3.74. The molecule has 0 bridgehead atoms. The van der Waals surface area contributed by atoms with Crippen LogP contribution in [0.3, 0.4) is 0 Å². The van der Waals surface area contributed by atoms with Gasteiger partial charge in [0.1, 0.15) is 5.69 Å². The minimum atomic E-state index is -0.236. The fourth-order valence-electron chi connectivity index (χ4n) is 2.63. The van der Waals surface area contributed by atoms with Crippen LogP contribution in [0, 0.1) is 0 Å². The van der Waals surface area contributed by atoms with Crippen molar-refractivity contribution < 1.29 is 4.79 Å². The van der Waals surface area contributed by atoms with Crippen LogP contribution in [0.1, 0.15) is 13.8 Å². The quantitative estimate of drug-likeness (QED) is 0.809. The first-order valence-electron chi connectivity index (χ1n) is 7.48. The van der Waals surface area contributed by atoms with Gasteiger partial charge in [0, 0.05) is 25.1 Å². The molecule has 3 aromatic rings. The predicted molar refractivity (Wildman–Crippen MR) is 91.4 cm³/mol. The van der Waals surface area contributed by atoms with Crippen LogP contribution in [0.4, 0.5) is 5.69 Å². The van der Waals surface area contributed by atoms with Crippen molar-refractivity contribution in [1.29, 1.82) is 0 Å². The normalized spacial score (nSPS) is 10.7. The molecule has 0 saturated heterocycles. The third-order valence-electron chi connectivity index (χ3n) is 3.65. The summed E-state index contributed by atoms with van der Waals surface area (Å²) in [6.07, 6.45) is 0. The van der Waals surface area contributed by atoms with Gasteiger partial charge in [-0.05, 0) is 17.7 Å². The highest BCUT2D eigenvalue weighted by atomic mass is 16.1. The molecule has 0 atom stereocenters. The Labute approximate surface area is 133 Å². The van der Waals surface area contributed by atoms with E-state index in [0.29, 0.717) is 17.9 Å². The van der Waals surface area contributed by atoms with Crippen LogP contribution in [0.2, 0.25) is 0 Å². The maximum absolute atomic E-state index is 12.0. The third kappa shape index (κ3) is 2.85. The Bertz CT molecular complexity index is 939. The summed E-state index contributed by atoms with van der Waals surface area (Å²) in [4.78, 5) is 23.5. The van der Waals surface area contributed by atoms with Crippen LogP contribution >= 0.6 is 0 Å². The lowest BCUT2D eigenvalue weighted by Crippen LogP contribution is -2.23. The van der Waals surface area contributed by atoms with Gasteiger partial charge in [0.15, 0.2) is 0 Å². The molecular formula is C18H17N3O2. The maximum atomic E-state index is 12.0. The Morgan fingerprint density at radius 2 is 1.91 bits per heavy atom. The zero-order chi connectivity index (χ0) is 16.4. The number of hydrogen-bond acceptors (Lipinski definition) is 3. The van der Waals surface area contributed by atoms with E-state index in [-0.39, 0.29) is 11.5 Å². The van der Waals surface area contributed by atoms with E-state index < -0.39 is 0 Å². The van der Waals surface area contributed by atoms with Gasteiger partial charge in [-0.25, -0.2) is 4.68 Å². The Morgan fingerprint density at radius 3 is 2.65 bits per heavy atom. The summed E-state index contributed by atoms with van der Waals surface area (Å²) in [6, 6.07) is 15.3. The molecule has 5 nitrogen and oxygen atoms in total. The number of nitrogens with one attached hydrogen (secondary N) is 1. The van der Waals surface area contributed by atoms with Crippen molar-refractivity contribution in [1.82, 2.24) is 9.78 Å². The van der Waals surface area contributed by atoms with E-state index in [2.05, 4.69) is 10.4 Å². The number of fused-ring (bicyclic) bond motifs is 1. The molecule has 0 saturated carbocycles. The molecule has 0 aliphatic rings. The first kappa shape index (κ1) is 15.0. The molecular weight excluding hydrogens is 290 g/mol. The lowest BCUT2D eigenvalue weighted by molar-refractivity contribution is -0.114. The number of aromatic nitrogens is 2. The number of anilines is 1. The van der Waals surface area contributed by atoms with Crippen molar-refractivity contribution in [3.63, 3.8) is 0 Å². The second-order valence-corrected chi connectivity index (χ2v) is 5.27. The number of aryl methyl sites for hydroxylation is 1. The van der Waals surface area contributed by atoms with Crippen LogP contribution < -0.4 is 10.9 Å². The van der Waals surface area contributed by atoms with Crippen LogP contribution in [0.5, 0.6) is 0 Å². The van der Waals surface area contributed by atoms with Gasteiger partial charge in [-0.3, -0.25) is 9.59 Å². The van der Waals surface area contributed by atoms with Crippen LogP contribution in [0.25, 0.3) is 22.0 Å². The van der Waals surface area contributed by atoms with E-state index in [1.165, 1.54) is 17.7 Å². The highest BCUT2D eigenvalue weighted by Crippen LogP contribution is 2.31. The topological polar surface area (TPSA) is 64.0 Å². The molecule has 0 unspecified atom stereocenters. The highest BCUT2D eigenvalue weighted by molar-refractivity contribution is 6.00. The van der Waals surface area contributed by atoms with Gasteiger partial charge < -0.3 is 5.32 Å². The molecule has 0 fully saturated rings. The SMILES string of the molecule is CCn1nc(-c2cccc3ccccc23)c(NC(C)=O)cc1=O. The van der Waals surface area contributed by atoms with Crippen molar-refractivity contribution in [2.75, 3.05) is 5.32 Å². The lowest BCUT2D eigenvalue weighted by Gasteiger charge is -2.13. The molecule has 23 heavy (non-hydrogen) atoms. The average Bonchev–Trinajstić information content (AvgIpc) is 2.54. The van der Waals surface area contributed by atoms with Gasteiger partial charge >= 0.3 is 0 Å². The second-order valence-electron chi connectivity index (χ2n) is 5.27. The minimum Gasteiger partial charge on any atom is -0.324 e. The van der Waals surface area contributed by atoms with Crippen molar-refractivity contribution in [2.45, 2.75) is 20.4 Å². The number of carbonyl (C=O) groups is 1. The van der Waals surface area contributed by atoms with E-state index in [1.807, 2.05) is 49.4 Å². The van der Waals surface area contributed by atoms with Gasteiger partial charge in [0.05, 0.1) is 5.69 Å². The Kier molecular flexibility index (Phi) is 3.93. The van der Waals surface area contributed by atoms with E-state index >= 15 is 0 Å². The molecule has 1 heterocycles.